The van der Waals surface area contributed by atoms with Crippen molar-refractivity contribution in [3.8, 4) is 11.3 Å². The first-order valence-corrected chi connectivity index (χ1v) is 11.1. The minimum absolute atomic E-state index is 0.209. The van der Waals surface area contributed by atoms with Crippen molar-refractivity contribution in [3.63, 3.8) is 0 Å². The van der Waals surface area contributed by atoms with Crippen LogP contribution in [0.2, 0.25) is 0 Å². The molecule has 3 aromatic heterocycles. The summed E-state index contributed by atoms with van der Waals surface area (Å²) in [5.41, 5.74) is 5.37. The monoisotopic (exact) mass is 485 g/mol. The summed E-state index contributed by atoms with van der Waals surface area (Å²) in [6, 6.07) is 17.1. The van der Waals surface area contributed by atoms with Crippen LogP contribution in [0.25, 0.3) is 33.1 Å². The summed E-state index contributed by atoms with van der Waals surface area (Å²) in [5, 5.41) is 9.23. The zero-order chi connectivity index (χ0) is 22.2. The maximum absolute atomic E-state index is 13.5. The number of halogens is 1. The van der Waals surface area contributed by atoms with Gasteiger partial charge in [-0.25, -0.2) is 4.98 Å². The van der Waals surface area contributed by atoms with Crippen molar-refractivity contribution in [1.82, 2.24) is 19.7 Å². The number of benzene rings is 2. The van der Waals surface area contributed by atoms with Gasteiger partial charge in [0.15, 0.2) is 0 Å². The summed E-state index contributed by atoms with van der Waals surface area (Å²) < 4.78 is 2.85. The van der Waals surface area contributed by atoms with E-state index in [-0.39, 0.29) is 5.91 Å². The lowest BCUT2D eigenvalue weighted by Crippen LogP contribution is -2.13. The number of nitrogens with one attached hydrogen (secondary N) is 1. The van der Waals surface area contributed by atoms with Gasteiger partial charge in [-0.05, 0) is 44.2 Å². The van der Waals surface area contributed by atoms with Crippen molar-refractivity contribution in [2.24, 2.45) is 0 Å². The molecule has 0 spiro atoms. The van der Waals surface area contributed by atoms with Gasteiger partial charge >= 0.3 is 0 Å². The van der Waals surface area contributed by atoms with Gasteiger partial charge in [-0.3, -0.25) is 14.5 Å². The SMILES string of the molecule is CCn1ncc(-c2cc(C(=O)Nc3ccc(Br)c4cccnc34)c3ccccc3n2)c1C. The number of carbonyl (C=O) groups is 1. The Morgan fingerprint density at radius 2 is 1.91 bits per heavy atom. The Morgan fingerprint density at radius 1 is 1.09 bits per heavy atom. The smallest absolute Gasteiger partial charge is 0.256 e. The number of rotatable bonds is 4. The summed E-state index contributed by atoms with van der Waals surface area (Å²) in [7, 11) is 0. The largest absolute Gasteiger partial charge is 0.320 e. The highest BCUT2D eigenvalue weighted by Gasteiger charge is 2.18. The van der Waals surface area contributed by atoms with Crippen LogP contribution in [0.3, 0.4) is 0 Å². The first kappa shape index (κ1) is 20.3. The zero-order valence-electron chi connectivity index (χ0n) is 17.6. The molecule has 0 unspecified atom stereocenters. The van der Waals surface area contributed by atoms with Crippen LogP contribution in [0.1, 0.15) is 23.0 Å². The molecular formula is C25H20BrN5O. The summed E-state index contributed by atoms with van der Waals surface area (Å²) in [6.07, 6.45) is 3.53. The molecule has 158 valence electrons. The van der Waals surface area contributed by atoms with E-state index in [1.807, 2.05) is 79.3 Å². The van der Waals surface area contributed by atoms with E-state index < -0.39 is 0 Å². The van der Waals surface area contributed by atoms with Gasteiger partial charge in [0, 0.05) is 39.2 Å². The summed E-state index contributed by atoms with van der Waals surface area (Å²) in [5.74, 6) is -0.209. The van der Waals surface area contributed by atoms with Gasteiger partial charge in [-0.15, -0.1) is 0 Å². The highest BCUT2D eigenvalue weighted by molar-refractivity contribution is 9.10. The predicted octanol–water partition coefficient (Wildman–Crippen LogP) is 5.99. The van der Waals surface area contributed by atoms with Gasteiger partial charge in [0.1, 0.15) is 0 Å². The van der Waals surface area contributed by atoms with Gasteiger partial charge in [0.05, 0.1) is 34.2 Å². The lowest BCUT2D eigenvalue weighted by molar-refractivity contribution is 0.102. The van der Waals surface area contributed by atoms with Crippen LogP contribution in [0.5, 0.6) is 0 Å². The fraction of sp³-hybridized carbons (Fsp3) is 0.120. The Kier molecular flexibility index (Phi) is 5.19. The molecule has 0 atom stereocenters. The van der Waals surface area contributed by atoms with Gasteiger partial charge in [0.2, 0.25) is 0 Å². The van der Waals surface area contributed by atoms with Gasteiger partial charge < -0.3 is 5.32 Å². The van der Waals surface area contributed by atoms with E-state index >= 15 is 0 Å². The normalized spacial score (nSPS) is 11.2. The third-order valence-corrected chi connectivity index (χ3v) is 6.30. The molecule has 0 aliphatic carbocycles. The minimum atomic E-state index is -0.209. The topological polar surface area (TPSA) is 72.7 Å². The van der Waals surface area contributed by atoms with E-state index in [1.165, 1.54) is 0 Å². The maximum atomic E-state index is 13.5. The van der Waals surface area contributed by atoms with E-state index in [0.29, 0.717) is 11.3 Å². The highest BCUT2D eigenvalue weighted by atomic mass is 79.9. The van der Waals surface area contributed by atoms with Crippen molar-refractivity contribution in [1.29, 1.82) is 0 Å². The zero-order valence-corrected chi connectivity index (χ0v) is 19.2. The Balaban J connectivity index is 1.63. The van der Waals surface area contributed by atoms with Gasteiger partial charge in [-0.1, -0.05) is 40.2 Å². The first-order valence-electron chi connectivity index (χ1n) is 10.3. The molecular weight excluding hydrogens is 466 g/mol. The quantitative estimate of drug-likeness (QED) is 0.339. The number of para-hydroxylation sites is 1. The number of aromatic nitrogens is 4. The molecule has 0 bridgehead atoms. The lowest BCUT2D eigenvalue weighted by Gasteiger charge is -2.12. The molecule has 5 rings (SSSR count). The Labute approximate surface area is 193 Å². The predicted molar refractivity (Wildman–Crippen MR) is 131 cm³/mol. The van der Waals surface area contributed by atoms with E-state index in [0.717, 1.165) is 49.8 Å². The standard InChI is InChI=1S/C25H20BrN5O/c1-3-31-15(2)19(14-28-31)23-13-18(16-7-4-5-9-21(16)29-23)25(32)30-22-11-10-20(26)17-8-6-12-27-24(17)22/h4-14H,3H2,1-2H3,(H,30,32). The fourth-order valence-corrected chi connectivity index (χ4v) is 4.40. The number of nitrogens with zero attached hydrogens (tertiary/aromatic N) is 4. The second-order valence-electron chi connectivity index (χ2n) is 7.48. The molecule has 6 nitrogen and oxygen atoms in total. The lowest BCUT2D eigenvalue weighted by atomic mass is 10.0. The number of pyridine rings is 2. The third kappa shape index (κ3) is 3.44. The molecule has 0 radical (unpaired) electrons. The minimum Gasteiger partial charge on any atom is -0.320 e. The van der Waals surface area contributed by atoms with E-state index in [1.54, 1.807) is 6.20 Å². The van der Waals surface area contributed by atoms with Crippen molar-refractivity contribution in [2.75, 3.05) is 5.32 Å². The van der Waals surface area contributed by atoms with Crippen molar-refractivity contribution >= 4 is 49.3 Å². The molecule has 2 aromatic carbocycles. The Morgan fingerprint density at radius 3 is 2.72 bits per heavy atom. The average molecular weight is 486 g/mol. The molecule has 0 aliphatic rings. The summed E-state index contributed by atoms with van der Waals surface area (Å²) >= 11 is 3.56. The number of amides is 1. The molecule has 0 aliphatic heterocycles. The number of hydrogen-bond acceptors (Lipinski definition) is 4. The van der Waals surface area contributed by atoms with Crippen LogP contribution < -0.4 is 5.32 Å². The van der Waals surface area contributed by atoms with Crippen LogP contribution in [0.15, 0.2) is 71.5 Å². The molecule has 0 fully saturated rings. The van der Waals surface area contributed by atoms with E-state index in [9.17, 15) is 4.79 Å². The number of carbonyl (C=O) groups excluding carboxylic acids is 1. The van der Waals surface area contributed by atoms with Crippen LogP contribution in [-0.4, -0.2) is 25.7 Å². The average Bonchev–Trinajstić information content (AvgIpc) is 3.20. The summed E-state index contributed by atoms with van der Waals surface area (Å²) in [4.78, 5) is 22.8. The Bertz CT molecular complexity index is 1490. The first-order chi connectivity index (χ1) is 15.6. The fourth-order valence-electron chi connectivity index (χ4n) is 3.95. The number of aryl methyl sites for hydroxylation is 1. The number of fused-ring (bicyclic) bond motifs is 2. The highest BCUT2D eigenvalue weighted by Crippen LogP contribution is 2.31. The molecule has 0 saturated heterocycles. The Hall–Kier alpha value is -3.58. The van der Waals surface area contributed by atoms with Crippen LogP contribution in [0.4, 0.5) is 5.69 Å². The van der Waals surface area contributed by atoms with Gasteiger partial charge in [-0.2, -0.15) is 5.10 Å². The number of anilines is 1. The second kappa shape index (κ2) is 8.16. The summed E-state index contributed by atoms with van der Waals surface area (Å²) in [6.45, 7) is 4.84. The molecule has 7 heteroatoms. The molecule has 1 amide bonds. The van der Waals surface area contributed by atoms with E-state index in [4.69, 9.17) is 4.98 Å². The molecule has 5 aromatic rings. The molecule has 1 N–H and O–H groups in total. The van der Waals surface area contributed by atoms with Crippen LogP contribution in [-0.2, 0) is 6.54 Å². The van der Waals surface area contributed by atoms with Gasteiger partial charge in [0.25, 0.3) is 5.91 Å². The molecule has 32 heavy (non-hydrogen) atoms. The third-order valence-electron chi connectivity index (χ3n) is 5.60. The van der Waals surface area contributed by atoms with Crippen LogP contribution in [0, 0.1) is 6.92 Å². The molecule has 0 saturated carbocycles. The van der Waals surface area contributed by atoms with Crippen LogP contribution >= 0.6 is 15.9 Å². The maximum Gasteiger partial charge on any atom is 0.256 e. The van der Waals surface area contributed by atoms with Crippen molar-refractivity contribution in [3.05, 3.63) is 82.7 Å². The number of hydrogen-bond donors (Lipinski definition) is 1. The van der Waals surface area contributed by atoms with E-state index in [2.05, 4.69) is 31.3 Å². The van der Waals surface area contributed by atoms with Crippen molar-refractivity contribution in [2.45, 2.75) is 20.4 Å². The van der Waals surface area contributed by atoms with Crippen molar-refractivity contribution < 1.29 is 4.79 Å². The second-order valence-corrected chi connectivity index (χ2v) is 8.33. The molecule has 3 heterocycles.